The molecule has 5 nitrogen and oxygen atoms in total. The fourth-order valence-corrected chi connectivity index (χ4v) is 0.297. The molecule has 5 heteroatoms. The lowest BCUT2D eigenvalue weighted by Gasteiger charge is -2.08. The smallest absolute Gasteiger partial charge is 0.404 e. The van der Waals surface area contributed by atoms with Crippen molar-refractivity contribution in [2.45, 2.75) is 6.10 Å². The van der Waals surface area contributed by atoms with Crippen molar-refractivity contribution < 1.29 is 19.7 Å². The van der Waals surface area contributed by atoms with Gasteiger partial charge >= 0.3 is 6.09 Å². The Kier molecular flexibility index (Phi) is 3.74. The number of aliphatic hydroxyl groups is 2. The van der Waals surface area contributed by atoms with Gasteiger partial charge < -0.3 is 20.7 Å². The first-order valence-corrected chi connectivity index (χ1v) is 2.38. The SMILES string of the molecule is NC(=O)OC(CO)CO. The summed E-state index contributed by atoms with van der Waals surface area (Å²) < 4.78 is 4.19. The molecule has 0 bridgehead atoms. The first-order chi connectivity index (χ1) is 4.20. The molecule has 0 aromatic heterocycles. The van der Waals surface area contributed by atoms with E-state index in [0.717, 1.165) is 0 Å². The zero-order chi connectivity index (χ0) is 7.28. The highest BCUT2D eigenvalue weighted by Gasteiger charge is 2.07. The van der Waals surface area contributed by atoms with Gasteiger partial charge in [-0.05, 0) is 0 Å². The Morgan fingerprint density at radius 1 is 1.56 bits per heavy atom. The maximum absolute atomic E-state index is 9.91. The number of carbonyl (C=O) groups is 1. The van der Waals surface area contributed by atoms with Gasteiger partial charge in [0, 0.05) is 0 Å². The van der Waals surface area contributed by atoms with Gasteiger partial charge in [-0.2, -0.15) is 0 Å². The maximum atomic E-state index is 9.91. The molecule has 0 aromatic rings. The van der Waals surface area contributed by atoms with Crippen molar-refractivity contribution in [1.29, 1.82) is 0 Å². The van der Waals surface area contributed by atoms with Crippen molar-refractivity contribution in [2.75, 3.05) is 13.2 Å². The third kappa shape index (κ3) is 3.75. The second kappa shape index (κ2) is 4.11. The lowest BCUT2D eigenvalue weighted by atomic mass is 10.4. The van der Waals surface area contributed by atoms with Crippen LogP contribution < -0.4 is 5.73 Å². The van der Waals surface area contributed by atoms with Crippen LogP contribution in [0.4, 0.5) is 4.79 Å². The molecule has 0 aromatic carbocycles. The molecule has 0 aliphatic rings. The van der Waals surface area contributed by atoms with E-state index in [1.165, 1.54) is 0 Å². The fraction of sp³-hybridized carbons (Fsp3) is 0.750. The largest absolute Gasteiger partial charge is 0.441 e. The van der Waals surface area contributed by atoms with Crippen molar-refractivity contribution >= 4 is 6.09 Å². The standard InChI is InChI=1S/C4H9NO4/c5-4(8)9-3(1-6)2-7/h3,6-7H,1-2H2,(H2,5,8). The van der Waals surface area contributed by atoms with Crippen molar-refractivity contribution in [2.24, 2.45) is 5.73 Å². The van der Waals surface area contributed by atoms with Gasteiger partial charge in [-0.25, -0.2) is 4.79 Å². The molecule has 0 aliphatic heterocycles. The highest BCUT2D eigenvalue weighted by atomic mass is 16.6. The summed E-state index contributed by atoms with van der Waals surface area (Å²) >= 11 is 0. The number of amides is 1. The predicted molar refractivity (Wildman–Crippen MR) is 28.6 cm³/mol. The van der Waals surface area contributed by atoms with Crippen molar-refractivity contribution in [3.63, 3.8) is 0 Å². The van der Waals surface area contributed by atoms with Gasteiger partial charge in [0.15, 0.2) is 0 Å². The number of carbonyl (C=O) groups excluding carboxylic acids is 1. The number of nitrogens with two attached hydrogens (primary N) is 1. The van der Waals surface area contributed by atoms with E-state index >= 15 is 0 Å². The third-order valence-electron chi connectivity index (χ3n) is 0.690. The molecule has 0 fully saturated rings. The molecule has 0 saturated carbocycles. The minimum Gasteiger partial charge on any atom is -0.441 e. The van der Waals surface area contributed by atoms with Gasteiger partial charge in [-0.15, -0.1) is 0 Å². The minimum absolute atomic E-state index is 0.417. The van der Waals surface area contributed by atoms with Crippen LogP contribution in [0.3, 0.4) is 0 Å². The molecule has 0 rings (SSSR count). The van der Waals surface area contributed by atoms with E-state index < -0.39 is 25.4 Å². The van der Waals surface area contributed by atoms with Gasteiger partial charge in [-0.3, -0.25) is 0 Å². The van der Waals surface area contributed by atoms with Crippen molar-refractivity contribution in [3.8, 4) is 0 Å². The van der Waals surface area contributed by atoms with Crippen LogP contribution in [0.15, 0.2) is 0 Å². The molecule has 0 unspecified atom stereocenters. The molecule has 0 heterocycles. The third-order valence-corrected chi connectivity index (χ3v) is 0.690. The Balaban J connectivity index is 3.43. The summed E-state index contributed by atoms with van der Waals surface area (Å²) in [5.41, 5.74) is 4.56. The molecule has 9 heavy (non-hydrogen) atoms. The van der Waals surface area contributed by atoms with E-state index in [2.05, 4.69) is 10.5 Å². The average molecular weight is 135 g/mol. The molecule has 0 spiro atoms. The second-order valence-electron chi connectivity index (χ2n) is 1.42. The Bertz CT molecular complexity index is 90.6. The van der Waals surface area contributed by atoms with Crippen LogP contribution in [0.2, 0.25) is 0 Å². The average Bonchev–Trinajstić information content (AvgIpc) is 1.82. The first kappa shape index (κ1) is 8.19. The quantitative estimate of drug-likeness (QED) is 0.436. The summed E-state index contributed by atoms with van der Waals surface area (Å²) in [7, 11) is 0. The zero-order valence-corrected chi connectivity index (χ0v) is 4.78. The fourth-order valence-electron chi connectivity index (χ4n) is 0.297. The van der Waals surface area contributed by atoms with E-state index in [0.29, 0.717) is 0 Å². The summed E-state index contributed by atoms with van der Waals surface area (Å²) in [4.78, 5) is 9.91. The van der Waals surface area contributed by atoms with Crippen LogP contribution in [0.1, 0.15) is 0 Å². The molecule has 0 aliphatic carbocycles. The molecule has 0 saturated heterocycles. The molecule has 4 N–H and O–H groups in total. The summed E-state index contributed by atoms with van der Waals surface area (Å²) in [6, 6.07) is 0. The zero-order valence-electron chi connectivity index (χ0n) is 4.78. The molecule has 54 valence electrons. The van der Waals surface area contributed by atoms with Gasteiger partial charge in [0.2, 0.25) is 0 Å². The second-order valence-corrected chi connectivity index (χ2v) is 1.42. The van der Waals surface area contributed by atoms with Gasteiger partial charge in [0.05, 0.1) is 13.2 Å². The number of primary amides is 1. The lowest BCUT2D eigenvalue weighted by Crippen LogP contribution is -2.28. The van der Waals surface area contributed by atoms with Gasteiger partial charge in [0.25, 0.3) is 0 Å². The summed E-state index contributed by atoms with van der Waals surface area (Å²) in [5.74, 6) is 0. The highest BCUT2D eigenvalue weighted by molar-refractivity contribution is 5.64. The number of hydrogen-bond donors (Lipinski definition) is 3. The van der Waals surface area contributed by atoms with Crippen LogP contribution in [0.25, 0.3) is 0 Å². The topological polar surface area (TPSA) is 92.8 Å². The Morgan fingerprint density at radius 2 is 2.00 bits per heavy atom. The number of hydrogen-bond acceptors (Lipinski definition) is 4. The molecule has 0 radical (unpaired) electrons. The summed E-state index contributed by atoms with van der Waals surface area (Å²) in [6.07, 6.45) is -1.88. The maximum Gasteiger partial charge on any atom is 0.404 e. The number of ether oxygens (including phenoxy) is 1. The normalized spacial score (nSPS) is 9.67. The van der Waals surface area contributed by atoms with Crippen LogP contribution in [0.5, 0.6) is 0 Å². The number of rotatable bonds is 3. The van der Waals surface area contributed by atoms with Gasteiger partial charge in [0.1, 0.15) is 6.10 Å². The van der Waals surface area contributed by atoms with Crippen LogP contribution in [-0.4, -0.2) is 35.6 Å². The van der Waals surface area contributed by atoms with E-state index in [9.17, 15) is 4.79 Å². The van der Waals surface area contributed by atoms with E-state index in [-0.39, 0.29) is 0 Å². The lowest BCUT2D eigenvalue weighted by molar-refractivity contribution is 0.0267. The Labute approximate surface area is 52.0 Å². The molecule has 0 atom stereocenters. The van der Waals surface area contributed by atoms with Crippen molar-refractivity contribution in [3.05, 3.63) is 0 Å². The van der Waals surface area contributed by atoms with E-state index in [4.69, 9.17) is 10.2 Å². The minimum atomic E-state index is -0.997. The van der Waals surface area contributed by atoms with E-state index in [1.54, 1.807) is 0 Å². The Morgan fingerprint density at radius 3 is 2.11 bits per heavy atom. The van der Waals surface area contributed by atoms with E-state index in [1.807, 2.05) is 0 Å². The summed E-state index contributed by atoms with van der Waals surface area (Å²) in [5, 5.41) is 16.6. The molecular weight excluding hydrogens is 126 g/mol. The van der Waals surface area contributed by atoms with Crippen LogP contribution in [0, 0.1) is 0 Å². The monoisotopic (exact) mass is 135 g/mol. The Hall–Kier alpha value is -0.810. The molecular formula is C4H9NO4. The highest BCUT2D eigenvalue weighted by Crippen LogP contribution is 1.86. The predicted octanol–water partition coefficient (Wildman–Crippen LogP) is -1.57. The molecule has 1 amide bonds. The first-order valence-electron chi connectivity index (χ1n) is 2.38. The van der Waals surface area contributed by atoms with Crippen LogP contribution in [-0.2, 0) is 4.74 Å². The number of aliphatic hydroxyl groups excluding tert-OH is 2. The van der Waals surface area contributed by atoms with Crippen molar-refractivity contribution in [1.82, 2.24) is 0 Å². The summed E-state index contributed by atoms with van der Waals surface area (Å²) in [6.45, 7) is -0.834. The van der Waals surface area contributed by atoms with Gasteiger partial charge in [-0.1, -0.05) is 0 Å². The van der Waals surface area contributed by atoms with Crippen LogP contribution >= 0.6 is 0 Å².